The zero-order valence-corrected chi connectivity index (χ0v) is 13.2. The summed E-state index contributed by atoms with van der Waals surface area (Å²) < 4.78 is 26.5. The molecule has 2 rings (SSSR count). The van der Waals surface area contributed by atoms with E-state index in [1.807, 2.05) is 0 Å². The molecule has 1 aliphatic carbocycles. The molecule has 0 spiro atoms. The van der Waals surface area contributed by atoms with Gasteiger partial charge in [0, 0.05) is 16.6 Å². The monoisotopic (exact) mass is 337 g/mol. The lowest BCUT2D eigenvalue weighted by atomic mass is 10.0. The minimum absolute atomic E-state index is 0.0592. The van der Waals surface area contributed by atoms with Gasteiger partial charge in [-0.2, -0.15) is 0 Å². The highest BCUT2D eigenvalue weighted by atomic mass is 35.5. The molecular weight excluding hydrogens is 321 g/mol. The summed E-state index contributed by atoms with van der Waals surface area (Å²) in [5.41, 5.74) is -0.382. The zero-order chi connectivity index (χ0) is 14.8. The lowest BCUT2D eigenvalue weighted by Crippen LogP contribution is -2.41. The van der Waals surface area contributed by atoms with Crippen molar-refractivity contribution in [1.29, 1.82) is 0 Å². The Bertz CT molecular complexity index is 563. The van der Waals surface area contributed by atoms with Crippen molar-refractivity contribution in [3.8, 4) is 0 Å². The Morgan fingerprint density at radius 1 is 1.15 bits per heavy atom. The van der Waals surface area contributed by atoms with Crippen molar-refractivity contribution in [2.45, 2.75) is 37.0 Å². The molecule has 1 fully saturated rings. The van der Waals surface area contributed by atoms with Gasteiger partial charge in [-0.15, -0.1) is 0 Å². The molecule has 2 N–H and O–H groups in total. The molecule has 0 bridgehead atoms. The Balaban J connectivity index is 2.00. The van der Waals surface area contributed by atoms with Crippen LogP contribution in [0.3, 0.4) is 0 Å². The maximum Gasteiger partial charge on any atom is 0.215 e. The topological polar surface area (TPSA) is 66.4 Å². The molecule has 4 nitrogen and oxygen atoms in total. The summed E-state index contributed by atoms with van der Waals surface area (Å²) in [7, 11) is -3.52. The first kappa shape index (κ1) is 16.0. The number of aliphatic hydroxyl groups is 1. The minimum Gasteiger partial charge on any atom is -0.389 e. The Hall–Kier alpha value is -0.330. The maximum atomic E-state index is 12.0. The first-order valence-corrected chi connectivity index (χ1v) is 8.84. The molecule has 112 valence electrons. The number of sulfonamides is 1. The minimum atomic E-state index is -3.52. The molecular formula is C13H17Cl2NO3S. The van der Waals surface area contributed by atoms with E-state index in [4.69, 9.17) is 23.2 Å². The van der Waals surface area contributed by atoms with Gasteiger partial charge in [0.1, 0.15) is 0 Å². The first-order chi connectivity index (χ1) is 9.28. The molecule has 0 heterocycles. The summed E-state index contributed by atoms with van der Waals surface area (Å²) >= 11 is 11.7. The molecule has 0 saturated heterocycles. The van der Waals surface area contributed by atoms with E-state index >= 15 is 0 Å². The third-order valence-electron chi connectivity index (χ3n) is 3.43. The second-order valence-corrected chi connectivity index (χ2v) is 7.97. The number of hydrogen-bond acceptors (Lipinski definition) is 3. The smallest absolute Gasteiger partial charge is 0.215 e. The van der Waals surface area contributed by atoms with Crippen LogP contribution >= 0.6 is 23.2 Å². The third kappa shape index (κ3) is 4.60. The number of nitrogens with one attached hydrogen (secondary N) is 1. The number of benzene rings is 1. The fraction of sp³-hybridized carbons (Fsp3) is 0.538. The fourth-order valence-corrected chi connectivity index (χ4v) is 4.19. The van der Waals surface area contributed by atoms with E-state index in [-0.39, 0.29) is 12.3 Å². The number of halogens is 2. The molecule has 0 atom stereocenters. The van der Waals surface area contributed by atoms with Crippen molar-refractivity contribution in [3.05, 3.63) is 33.8 Å². The molecule has 1 aromatic carbocycles. The largest absolute Gasteiger partial charge is 0.389 e. The fourth-order valence-electron chi connectivity index (χ4n) is 2.42. The van der Waals surface area contributed by atoms with Gasteiger partial charge in [0.2, 0.25) is 10.0 Å². The average Bonchev–Trinajstić information content (AvgIpc) is 2.73. The summed E-state index contributed by atoms with van der Waals surface area (Å²) in [5.74, 6) is -0.205. The van der Waals surface area contributed by atoms with Gasteiger partial charge in [0.15, 0.2) is 0 Å². The van der Waals surface area contributed by atoms with Crippen molar-refractivity contribution in [2.75, 3.05) is 6.54 Å². The van der Waals surface area contributed by atoms with Gasteiger partial charge in [-0.05, 0) is 36.6 Å². The SMILES string of the molecule is O=S(=O)(Cc1cc(Cl)cc(Cl)c1)NCC1(O)CCCC1. The predicted octanol–water partition coefficient (Wildman–Crippen LogP) is 2.72. The molecule has 7 heteroatoms. The third-order valence-corrected chi connectivity index (χ3v) is 5.17. The van der Waals surface area contributed by atoms with E-state index in [9.17, 15) is 13.5 Å². The Morgan fingerprint density at radius 3 is 2.25 bits per heavy atom. The molecule has 0 radical (unpaired) electrons. The van der Waals surface area contributed by atoms with Crippen molar-refractivity contribution < 1.29 is 13.5 Å². The van der Waals surface area contributed by atoms with Gasteiger partial charge in [-0.3, -0.25) is 0 Å². The lowest BCUT2D eigenvalue weighted by Gasteiger charge is -2.22. The highest BCUT2D eigenvalue weighted by molar-refractivity contribution is 7.88. The predicted molar refractivity (Wildman–Crippen MR) is 80.5 cm³/mol. The van der Waals surface area contributed by atoms with Gasteiger partial charge in [-0.1, -0.05) is 36.0 Å². The van der Waals surface area contributed by atoms with Gasteiger partial charge in [0.25, 0.3) is 0 Å². The van der Waals surface area contributed by atoms with Crippen LogP contribution in [0.4, 0.5) is 0 Å². The van der Waals surface area contributed by atoms with E-state index in [0.29, 0.717) is 28.5 Å². The Labute approximate surface area is 129 Å². The van der Waals surface area contributed by atoms with Crippen LogP contribution in [0.15, 0.2) is 18.2 Å². The van der Waals surface area contributed by atoms with Gasteiger partial charge < -0.3 is 5.11 Å². The van der Waals surface area contributed by atoms with Gasteiger partial charge >= 0.3 is 0 Å². The van der Waals surface area contributed by atoms with E-state index in [1.54, 1.807) is 18.2 Å². The van der Waals surface area contributed by atoms with Crippen molar-refractivity contribution >= 4 is 33.2 Å². The summed E-state index contributed by atoms with van der Waals surface area (Å²) in [6.07, 6.45) is 3.14. The van der Waals surface area contributed by atoms with Crippen LogP contribution < -0.4 is 4.72 Å². The van der Waals surface area contributed by atoms with Crippen LogP contribution in [0, 0.1) is 0 Å². The van der Waals surface area contributed by atoms with Crippen LogP contribution in [-0.4, -0.2) is 25.7 Å². The second-order valence-electron chi connectivity index (χ2n) is 5.29. The highest BCUT2D eigenvalue weighted by Gasteiger charge is 2.32. The molecule has 0 aliphatic heterocycles. The second kappa shape index (κ2) is 6.20. The van der Waals surface area contributed by atoms with E-state index in [1.165, 1.54) is 0 Å². The van der Waals surface area contributed by atoms with E-state index in [0.717, 1.165) is 12.8 Å². The van der Waals surface area contributed by atoms with Crippen LogP contribution in [0.25, 0.3) is 0 Å². The molecule has 1 saturated carbocycles. The normalized spacial score (nSPS) is 18.4. The van der Waals surface area contributed by atoms with E-state index in [2.05, 4.69) is 4.72 Å². The summed E-state index contributed by atoms with van der Waals surface area (Å²) in [4.78, 5) is 0. The molecule has 1 aromatic rings. The lowest BCUT2D eigenvalue weighted by molar-refractivity contribution is 0.0531. The summed E-state index contributed by atoms with van der Waals surface area (Å²) in [5, 5.41) is 10.9. The standard InChI is InChI=1S/C13H17Cl2NO3S/c14-11-5-10(6-12(15)7-11)8-20(18,19)16-9-13(17)3-1-2-4-13/h5-7,16-17H,1-4,8-9H2. The maximum absolute atomic E-state index is 12.0. The molecule has 20 heavy (non-hydrogen) atoms. The molecule has 0 unspecified atom stereocenters. The van der Waals surface area contributed by atoms with Crippen LogP contribution in [0.1, 0.15) is 31.2 Å². The highest BCUT2D eigenvalue weighted by Crippen LogP contribution is 2.29. The number of rotatable bonds is 5. The zero-order valence-electron chi connectivity index (χ0n) is 10.9. The van der Waals surface area contributed by atoms with E-state index < -0.39 is 15.6 Å². The van der Waals surface area contributed by atoms with Crippen LogP contribution in [0.2, 0.25) is 10.0 Å². The van der Waals surface area contributed by atoms with Crippen molar-refractivity contribution in [2.24, 2.45) is 0 Å². The van der Waals surface area contributed by atoms with Crippen LogP contribution in [-0.2, 0) is 15.8 Å². The number of hydrogen-bond donors (Lipinski definition) is 2. The quantitative estimate of drug-likeness (QED) is 0.868. The van der Waals surface area contributed by atoms with Crippen molar-refractivity contribution in [3.63, 3.8) is 0 Å². The first-order valence-electron chi connectivity index (χ1n) is 6.43. The van der Waals surface area contributed by atoms with Gasteiger partial charge in [0.05, 0.1) is 11.4 Å². The molecule has 1 aliphatic rings. The Kier molecular flexibility index (Phi) is 4.97. The summed E-state index contributed by atoms with van der Waals surface area (Å²) in [6.45, 7) is 0.0592. The van der Waals surface area contributed by atoms with Gasteiger partial charge in [-0.25, -0.2) is 13.1 Å². The van der Waals surface area contributed by atoms with Crippen LogP contribution in [0.5, 0.6) is 0 Å². The summed E-state index contributed by atoms with van der Waals surface area (Å²) in [6, 6.07) is 4.68. The molecule has 0 amide bonds. The van der Waals surface area contributed by atoms with Crippen molar-refractivity contribution in [1.82, 2.24) is 4.72 Å². The molecule has 0 aromatic heterocycles. The average molecular weight is 338 g/mol. The Morgan fingerprint density at radius 2 is 1.70 bits per heavy atom.